The fourth-order valence-corrected chi connectivity index (χ4v) is 2.46. The zero-order valence-corrected chi connectivity index (χ0v) is 10.2. The third-order valence-corrected chi connectivity index (χ3v) is 3.58. The van der Waals surface area contributed by atoms with E-state index in [4.69, 9.17) is 5.11 Å². The first-order valence-corrected chi connectivity index (χ1v) is 6.46. The smallest absolute Gasteiger partial charge is 0.123 e. The van der Waals surface area contributed by atoms with Crippen LogP contribution in [0.2, 0.25) is 0 Å². The molecule has 0 bridgehead atoms. The monoisotopic (exact) mass is 235 g/mol. The standard InChI is InChI=1S/C14H21NO2/c16-10-12-6-7-13(8-14(12)17)15-9-11-4-2-1-3-5-11/h6-8,11,15-17H,1-5,9-10H2. The van der Waals surface area contributed by atoms with Crippen LogP contribution in [0.3, 0.4) is 0 Å². The molecule has 0 amide bonds. The van der Waals surface area contributed by atoms with Crippen LogP contribution in [0.25, 0.3) is 0 Å². The highest BCUT2D eigenvalue weighted by Crippen LogP contribution is 2.25. The van der Waals surface area contributed by atoms with Crippen LogP contribution in [0.15, 0.2) is 18.2 Å². The molecule has 17 heavy (non-hydrogen) atoms. The van der Waals surface area contributed by atoms with Gasteiger partial charge in [0.15, 0.2) is 0 Å². The molecular weight excluding hydrogens is 214 g/mol. The van der Waals surface area contributed by atoms with Crippen molar-refractivity contribution < 1.29 is 10.2 Å². The Bertz CT molecular complexity index is 359. The maximum absolute atomic E-state index is 9.63. The predicted molar refractivity (Wildman–Crippen MR) is 69.1 cm³/mol. The molecule has 0 heterocycles. The number of hydrogen-bond acceptors (Lipinski definition) is 3. The van der Waals surface area contributed by atoms with E-state index in [1.54, 1.807) is 12.1 Å². The number of nitrogens with one attached hydrogen (secondary N) is 1. The fourth-order valence-electron chi connectivity index (χ4n) is 2.46. The van der Waals surface area contributed by atoms with Gasteiger partial charge in [0.05, 0.1) is 6.61 Å². The van der Waals surface area contributed by atoms with E-state index in [-0.39, 0.29) is 12.4 Å². The quantitative estimate of drug-likeness (QED) is 0.752. The van der Waals surface area contributed by atoms with Crippen LogP contribution < -0.4 is 5.32 Å². The maximum Gasteiger partial charge on any atom is 0.123 e. The van der Waals surface area contributed by atoms with Gasteiger partial charge in [0.25, 0.3) is 0 Å². The van der Waals surface area contributed by atoms with Gasteiger partial charge in [0.1, 0.15) is 5.75 Å². The van der Waals surface area contributed by atoms with Crippen molar-refractivity contribution in [2.24, 2.45) is 5.92 Å². The molecule has 94 valence electrons. The summed E-state index contributed by atoms with van der Waals surface area (Å²) in [5.74, 6) is 0.935. The van der Waals surface area contributed by atoms with Gasteiger partial charge in [-0.3, -0.25) is 0 Å². The number of anilines is 1. The maximum atomic E-state index is 9.63. The van der Waals surface area contributed by atoms with Gasteiger partial charge in [-0.25, -0.2) is 0 Å². The Hall–Kier alpha value is -1.22. The Morgan fingerprint density at radius 3 is 2.59 bits per heavy atom. The lowest BCUT2D eigenvalue weighted by molar-refractivity contribution is 0.275. The van der Waals surface area contributed by atoms with Crippen molar-refractivity contribution in [3.63, 3.8) is 0 Å². The first kappa shape index (κ1) is 12.2. The summed E-state index contributed by atoms with van der Waals surface area (Å²) < 4.78 is 0. The van der Waals surface area contributed by atoms with E-state index in [9.17, 15) is 5.11 Å². The van der Waals surface area contributed by atoms with Crippen LogP contribution in [0.4, 0.5) is 5.69 Å². The number of phenols is 1. The lowest BCUT2D eigenvalue weighted by Crippen LogP contribution is -2.17. The fraction of sp³-hybridized carbons (Fsp3) is 0.571. The summed E-state index contributed by atoms with van der Waals surface area (Å²) in [5, 5.41) is 22.0. The molecule has 3 heteroatoms. The van der Waals surface area contributed by atoms with Crippen molar-refractivity contribution >= 4 is 5.69 Å². The topological polar surface area (TPSA) is 52.5 Å². The molecule has 2 rings (SSSR count). The normalized spacial score (nSPS) is 17.0. The van der Waals surface area contributed by atoms with Crippen molar-refractivity contribution in [3.8, 4) is 5.75 Å². The molecule has 3 N–H and O–H groups in total. The van der Waals surface area contributed by atoms with Crippen LogP contribution in [-0.4, -0.2) is 16.8 Å². The van der Waals surface area contributed by atoms with Crippen molar-refractivity contribution in [3.05, 3.63) is 23.8 Å². The number of rotatable bonds is 4. The molecular formula is C14H21NO2. The summed E-state index contributed by atoms with van der Waals surface area (Å²) in [7, 11) is 0. The van der Waals surface area contributed by atoms with Crippen molar-refractivity contribution in [1.29, 1.82) is 0 Å². The molecule has 0 spiro atoms. The van der Waals surface area contributed by atoms with Crippen molar-refractivity contribution in [1.82, 2.24) is 0 Å². The summed E-state index contributed by atoms with van der Waals surface area (Å²) in [6.07, 6.45) is 6.70. The zero-order chi connectivity index (χ0) is 12.1. The minimum atomic E-state index is -0.116. The number of aliphatic hydroxyl groups is 1. The Balaban J connectivity index is 1.87. The minimum Gasteiger partial charge on any atom is -0.508 e. The van der Waals surface area contributed by atoms with Crippen molar-refractivity contribution in [2.45, 2.75) is 38.7 Å². The van der Waals surface area contributed by atoms with Gasteiger partial charge in [-0.15, -0.1) is 0 Å². The van der Waals surface area contributed by atoms with Gasteiger partial charge < -0.3 is 15.5 Å². The Morgan fingerprint density at radius 1 is 1.18 bits per heavy atom. The highest BCUT2D eigenvalue weighted by molar-refractivity contribution is 5.51. The van der Waals surface area contributed by atoms with Gasteiger partial charge in [-0.2, -0.15) is 0 Å². The molecule has 0 unspecified atom stereocenters. The molecule has 0 aromatic heterocycles. The summed E-state index contributed by atoms with van der Waals surface area (Å²) in [6.45, 7) is 0.868. The second-order valence-electron chi connectivity index (χ2n) is 4.89. The average molecular weight is 235 g/mol. The zero-order valence-electron chi connectivity index (χ0n) is 10.2. The van der Waals surface area contributed by atoms with E-state index >= 15 is 0 Å². The van der Waals surface area contributed by atoms with Gasteiger partial charge in [0.2, 0.25) is 0 Å². The van der Waals surface area contributed by atoms with Crippen LogP contribution in [0.1, 0.15) is 37.7 Å². The molecule has 0 aliphatic heterocycles. The van der Waals surface area contributed by atoms with Gasteiger partial charge in [-0.1, -0.05) is 25.3 Å². The lowest BCUT2D eigenvalue weighted by Gasteiger charge is -2.22. The Morgan fingerprint density at radius 2 is 1.94 bits per heavy atom. The van der Waals surface area contributed by atoms with E-state index in [2.05, 4.69) is 5.32 Å². The summed E-state index contributed by atoms with van der Waals surface area (Å²) >= 11 is 0. The van der Waals surface area contributed by atoms with E-state index in [0.29, 0.717) is 5.56 Å². The first-order valence-electron chi connectivity index (χ1n) is 6.46. The minimum absolute atomic E-state index is 0.116. The van der Waals surface area contributed by atoms with Crippen LogP contribution in [0, 0.1) is 5.92 Å². The average Bonchev–Trinajstić information content (AvgIpc) is 2.38. The molecule has 1 aliphatic rings. The SMILES string of the molecule is OCc1ccc(NCC2CCCCC2)cc1O. The number of benzene rings is 1. The second-order valence-corrected chi connectivity index (χ2v) is 4.89. The van der Waals surface area contributed by atoms with E-state index in [1.165, 1.54) is 32.1 Å². The lowest BCUT2D eigenvalue weighted by atomic mass is 9.89. The number of hydrogen-bond donors (Lipinski definition) is 3. The van der Waals surface area contributed by atoms with Crippen LogP contribution in [0.5, 0.6) is 5.75 Å². The first-order chi connectivity index (χ1) is 8.29. The van der Waals surface area contributed by atoms with Crippen LogP contribution in [-0.2, 0) is 6.61 Å². The molecule has 0 saturated heterocycles. The largest absolute Gasteiger partial charge is 0.508 e. The second kappa shape index (κ2) is 5.92. The van der Waals surface area contributed by atoms with Crippen LogP contribution >= 0.6 is 0 Å². The number of aromatic hydroxyl groups is 1. The molecule has 0 radical (unpaired) electrons. The van der Waals surface area contributed by atoms with Gasteiger partial charge >= 0.3 is 0 Å². The highest BCUT2D eigenvalue weighted by Gasteiger charge is 2.13. The molecule has 0 atom stereocenters. The summed E-state index contributed by atoms with van der Waals surface area (Å²) in [5.41, 5.74) is 1.51. The van der Waals surface area contributed by atoms with E-state index in [1.807, 2.05) is 6.07 Å². The molecule has 1 saturated carbocycles. The predicted octanol–water partition coefficient (Wildman–Crippen LogP) is 2.88. The number of aliphatic hydroxyl groups excluding tert-OH is 1. The molecule has 3 nitrogen and oxygen atoms in total. The van der Waals surface area contributed by atoms with Crippen molar-refractivity contribution in [2.75, 3.05) is 11.9 Å². The molecule has 1 aromatic rings. The van der Waals surface area contributed by atoms with E-state index < -0.39 is 0 Å². The van der Waals surface area contributed by atoms with E-state index in [0.717, 1.165) is 18.2 Å². The molecule has 1 fully saturated rings. The third kappa shape index (κ3) is 3.37. The third-order valence-electron chi connectivity index (χ3n) is 3.58. The Labute approximate surface area is 102 Å². The summed E-state index contributed by atoms with van der Waals surface area (Å²) in [4.78, 5) is 0. The molecule has 1 aromatic carbocycles. The molecule has 1 aliphatic carbocycles. The Kier molecular flexibility index (Phi) is 4.26. The van der Waals surface area contributed by atoms with Gasteiger partial charge in [0, 0.05) is 23.9 Å². The van der Waals surface area contributed by atoms with Gasteiger partial charge in [-0.05, 0) is 24.8 Å². The highest BCUT2D eigenvalue weighted by atomic mass is 16.3. The summed E-state index contributed by atoms with van der Waals surface area (Å²) in [6, 6.07) is 5.36.